The summed E-state index contributed by atoms with van der Waals surface area (Å²) in [6.07, 6.45) is 1.17. The van der Waals surface area contributed by atoms with E-state index in [-0.39, 0.29) is 27.2 Å². The Labute approximate surface area is 122 Å². The van der Waals surface area contributed by atoms with E-state index in [1.54, 1.807) is 13.0 Å². The van der Waals surface area contributed by atoms with Crippen LogP contribution in [-0.2, 0) is 0 Å². The first-order chi connectivity index (χ1) is 9.56. The molecule has 0 bridgehead atoms. The van der Waals surface area contributed by atoms with Crippen molar-refractivity contribution in [3.63, 3.8) is 0 Å². The van der Waals surface area contributed by atoms with E-state index in [0.29, 0.717) is 6.54 Å². The third-order valence-corrected chi connectivity index (χ3v) is 3.17. The zero-order valence-corrected chi connectivity index (χ0v) is 12.0. The number of rotatable bonds is 4. The van der Waals surface area contributed by atoms with Gasteiger partial charge in [-0.05, 0) is 35.0 Å². The summed E-state index contributed by atoms with van der Waals surface area (Å²) >= 11 is 3.05. The smallest absolute Gasteiger partial charge is 0.337 e. The highest BCUT2D eigenvalue weighted by Gasteiger charge is 2.25. The second-order valence-corrected chi connectivity index (χ2v) is 4.66. The Bertz CT molecular complexity index is 666. The molecule has 0 saturated heterocycles. The van der Waals surface area contributed by atoms with Gasteiger partial charge in [-0.15, -0.1) is 0 Å². The number of nitrogens with zero attached hydrogens (tertiary/aromatic N) is 3. The van der Waals surface area contributed by atoms with Gasteiger partial charge < -0.3 is 5.32 Å². The van der Waals surface area contributed by atoms with Gasteiger partial charge in [0.2, 0.25) is 5.82 Å². The zero-order valence-electron chi connectivity index (χ0n) is 10.4. The van der Waals surface area contributed by atoms with Gasteiger partial charge in [-0.2, -0.15) is 0 Å². The van der Waals surface area contributed by atoms with Crippen molar-refractivity contribution < 1.29 is 9.31 Å². The average molecular weight is 341 g/mol. The van der Waals surface area contributed by atoms with E-state index in [9.17, 15) is 14.5 Å². The van der Waals surface area contributed by atoms with Gasteiger partial charge in [0.1, 0.15) is 12.1 Å². The molecule has 0 radical (unpaired) electrons. The Hall–Kier alpha value is -2.09. The van der Waals surface area contributed by atoms with Crippen LogP contribution < -0.4 is 5.32 Å². The van der Waals surface area contributed by atoms with Gasteiger partial charge in [-0.25, -0.2) is 14.4 Å². The Morgan fingerprint density at radius 1 is 1.45 bits per heavy atom. The van der Waals surface area contributed by atoms with Crippen LogP contribution >= 0.6 is 15.9 Å². The molecule has 0 aliphatic heterocycles. The summed E-state index contributed by atoms with van der Waals surface area (Å²) in [5.74, 6) is -0.529. The van der Waals surface area contributed by atoms with Crippen LogP contribution in [-0.4, -0.2) is 21.4 Å². The summed E-state index contributed by atoms with van der Waals surface area (Å²) in [6.45, 7) is 2.24. The summed E-state index contributed by atoms with van der Waals surface area (Å²) in [5, 5.41) is 14.0. The van der Waals surface area contributed by atoms with E-state index in [1.165, 1.54) is 18.5 Å². The summed E-state index contributed by atoms with van der Waals surface area (Å²) in [5.41, 5.74) is -0.348. The summed E-state index contributed by atoms with van der Waals surface area (Å²) < 4.78 is 14.3. The van der Waals surface area contributed by atoms with Crippen molar-refractivity contribution in [1.29, 1.82) is 0 Å². The lowest BCUT2D eigenvalue weighted by atomic mass is 10.1. The first-order valence-electron chi connectivity index (χ1n) is 5.74. The molecule has 1 heterocycles. The molecule has 1 aromatic heterocycles. The Balaban J connectivity index is 2.70. The van der Waals surface area contributed by atoms with Gasteiger partial charge in [0.15, 0.2) is 5.69 Å². The number of hydrogen-bond acceptors (Lipinski definition) is 5. The second-order valence-electron chi connectivity index (χ2n) is 3.81. The highest BCUT2D eigenvalue weighted by atomic mass is 79.9. The number of halogens is 2. The lowest BCUT2D eigenvalue weighted by molar-refractivity contribution is -0.383. The molecular formula is C12H10BrFN4O2. The van der Waals surface area contributed by atoms with E-state index in [2.05, 4.69) is 31.2 Å². The lowest BCUT2D eigenvalue weighted by Crippen LogP contribution is -2.06. The van der Waals surface area contributed by atoms with Crippen LogP contribution in [0.3, 0.4) is 0 Å². The predicted molar refractivity (Wildman–Crippen MR) is 75.9 cm³/mol. The van der Waals surface area contributed by atoms with Crippen LogP contribution in [0.2, 0.25) is 0 Å². The molecule has 0 amide bonds. The van der Waals surface area contributed by atoms with E-state index < -0.39 is 10.7 Å². The zero-order chi connectivity index (χ0) is 14.7. The normalized spacial score (nSPS) is 10.3. The third-order valence-electron chi connectivity index (χ3n) is 2.56. The maximum Gasteiger partial charge on any atom is 0.337 e. The number of anilines is 1. The summed E-state index contributed by atoms with van der Waals surface area (Å²) in [6, 6.07) is 4.53. The number of benzene rings is 1. The molecule has 0 spiro atoms. The molecule has 0 aliphatic rings. The summed E-state index contributed by atoms with van der Waals surface area (Å²) in [7, 11) is 0. The van der Waals surface area contributed by atoms with Crippen molar-refractivity contribution in [2.75, 3.05) is 11.9 Å². The van der Waals surface area contributed by atoms with Crippen molar-refractivity contribution in [2.24, 2.45) is 0 Å². The molecule has 2 aromatic rings. The van der Waals surface area contributed by atoms with Gasteiger partial charge in [-0.1, -0.05) is 6.07 Å². The molecule has 0 fully saturated rings. The highest BCUT2D eigenvalue weighted by Crippen LogP contribution is 2.35. The van der Waals surface area contributed by atoms with E-state index in [0.717, 1.165) is 0 Å². The van der Waals surface area contributed by atoms with Crippen LogP contribution in [0.15, 0.2) is 29.0 Å². The Morgan fingerprint density at radius 3 is 2.85 bits per heavy atom. The molecule has 1 aromatic carbocycles. The maximum atomic E-state index is 14.1. The van der Waals surface area contributed by atoms with Crippen LogP contribution in [0.5, 0.6) is 0 Å². The number of nitro groups is 1. The molecule has 0 unspecified atom stereocenters. The lowest BCUT2D eigenvalue weighted by Gasteiger charge is -2.08. The Morgan fingerprint density at radius 2 is 2.20 bits per heavy atom. The quantitative estimate of drug-likeness (QED) is 0.681. The molecule has 2 rings (SSSR count). The second kappa shape index (κ2) is 5.91. The van der Waals surface area contributed by atoms with Gasteiger partial charge in [0.25, 0.3) is 0 Å². The maximum absolute atomic E-state index is 14.1. The molecule has 0 saturated carbocycles. The fraction of sp³-hybridized carbons (Fsp3) is 0.167. The minimum absolute atomic E-state index is 0.0487. The van der Waals surface area contributed by atoms with Gasteiger partial charge >= 0.3 is 5.69 Å². The van der Waals surface area contributed by atoms with Crippen LogP contribution in [0.25, 0.3) is 11.3 Å². The van der Waals surface area contributed by atoms with Gasteiger partial charge in [0.05, 0.1) is 9.40 Å². The van der Waals surface area contributed by atoms with Gasteiger partial charge in [0, 0.05) is 12.1 Å². The van der Waals surface area contributed by atoms with E-state index >= 15 is 0 Å². The van der Waals surface area contributed by atoms with Crippen molar-refractivity contribution in [2.45, 2.75) is 6.92 Å². The molecule has 0 aliphatic carbocycles. The highest BCUT2D eigenvalue weighted by molar-refractivity contribution is 9.10. The predicted octanol–water partition coefficient (Wildman–Crippen LogP) is 3.39. The number of aromatic nitrogens is 2. The molecule has 1 N–H and O–H groups in total. The summed E-state index contributed by atoms with van der Waals surface area (Å²) in [4.78, 5) is 18.3. The van der Waals surface area contributed by atoms with E-state index in [4.69, 9.17) is 0 Å². The van der Waals surface area contributed by atoms with Crippen LogP contribution in [0, 0.1) is 15.9 Å². The molecule has 104 valence electrons. The monoisotopic (exact) mass is 340 g/mol. The average Bonchev–Trinajstić information content (AvgIpc) is 2.42. The largest absolute Gasteiger partial charge is 0.365 e. The van der Waals surface area contributed by atoms with Crippen molar-refractivity contribution in [3.05, 3.63) is 44.9 Å². The molecule has 8 heteroatoms. The van der Waals surface area contributed by atoms with Crippen LogP contribution in [0.4, 0.5) is 15.9 Å². The Kier molecular flexibility index (Phi) is 4.23. The number of nitrogens with one attached hydrogen (secondary N) is 1. The minimum atomic E-state index is -0.617. The standard InChI is InChI=1S/C12H10BrFN4O2/c1-2-15-12-11(18(19)20)10(16-6-17-12)7-4-3-5-8(13)9(7)14/h3-6H,2H2,1H3,(H,15,16,17). The van der Waals surface area contributed by atoms with Crippen LogP contribution in [0.1, 0.15) is 6.92 Å². The molecule has 20 heavy (non-hydrogen) atoms. The SMILES string of the molecule is CCNc1ncnc(-c2cccc(Br)c2F)c1[N+](=O)[O-]. The first kappa shape index (κ1) is 14.3. The number of hydrogen-bond donors (Lipinski definition) is 1. The topological polar surface area (TPSA) is 81.0 Å². The van der Waals surface area contributed by atoms with Crippen molar-refractivity contribution in [3.8, 4) is 11.3 Å². The third kappa shape index (κ3) is 2.60. The molecular weight excluding hydrogens is 331 g/mol. The van der Waals surface area contributed by atoms with Crippen molar-refractivity contribution >= 4 is 27.4 Å². The minimum Gasteiger partial charge on any atom is -0.365 e. The fourth-order valence-corrected chi connectivity index (χ4v) is 2.10. The molecule has 0 atom stereocenters. The molecule has 6 nitrogen and oxygen atoms in total. The fourth-order valence-electron chi connectivity index (χ4n) is 1.73. The first-order valence-corrected chi connectivity index (χ1v) is 6.53. The van der Waals surface area contributed by atoms with Gasteiger partial charge in [-0.3, -0.25) is 10.1 Å². The van der Waals surface area contributed by atoms with Crippen molar-refractivity contribution in [1.82, 2.24) is 9.97 Å². The van der Waals surface area contributed by atoms with E-state index in [1.807, 2.05) is 0 Å².